The highest BCUT2D eigenvalue weighted by molar-refractivity contribution is 6.30. The van der Waals surface area contributed by atoms with Gasteiger partial charge in [-0.25, -0.2) is 0 Å². The fourth-order valence-electron chi connectivity index (χ4n) is 2.68. The molecule has 2 aromatic carbocycles. The molecule has 1 N–H and O–H groups in total. The molecule has 0 radical (unpaired) electrons. The number of nitrogens with zero attached hydrogens (tertiary/aromatic N) is 1. The van der Waals surface area contributed by atoms with Crippen LogP contribution in [0.15, 0.2) is 42.5 Å². The summed E-state index contributed by atoms with van der Waals surface area (Å²) < 4.78 is 0. The van der Waals surface area contributed by atoms with E-state index in [0.29, 0.717) is 21.8 Å². The molecule has 122 valence electrons. The van der Waals surface area contributed by atoms with Gasteiger partial charge in [0.05, 0.1) is 11.1 Å². The highest BCUT2D eigenvalue weighted by Gasteiger charge is 2.40. The normalized spacial score (nSPS) is 14.5. The lowest BCUT2D eigenvalue weighted by atomic mass is 10.1. The van der Waals surface area contributed by atoms with E-state index < -0.39 is 23.8 Å². The Morgan fingerprint density at radius 1 is 1.08 bits per heavy atom. The van der Waals surface area contributed by atoms with Gasteiger partial charge in [-0.05, 0) is 49.7 Å². The Morgan fingerprint density at radius 3 is 2.21 bits per heavy atom. The van der Waals surface area contributed by atoms with Gasteiger partial charge in [0.15, 0.2) is 0 Å². The third-order valence-electron chi connectivity index (χ3n) is 4.04. The zero-order chi connectivity index (χ0) is 17.4. The summed E-state index contributed by atoms with van der Waals surface area (Å²) in [5, 5.41) is 3.31. The molecule has 3 rings (SSSR count). The second-order valence-corrected chi connectivity index (χ2v) is 6.09. The summed E-state index contributed by atoms with van der Waals surface area (Å²) in [6, 6.07) is 10.7. The molecule has 6 heteroatoms. The summed E-state index contributed by atoms with van der Waals surface area (Å²) in [5.41, 5.74) is 2.04. The lowest BCUT2D eigenvalue weighted by Gasteiger charge is -2.22. The van der Waals surface area contributed by atoms with E-state index in [0.717, 1.165) is 10.5 Å². The number of fused-ring (bicyclic) bond motifs is 1. The molecule has 0 aromatic heterocycles. The van der Waals surface area contributed by atoms with Crippen LogP contribution in [0.4, 0.5) is 5.69 Å². The molecule has 0 aliphatic carbocycles. The van der Waals surface area contributed by atoms with Crippen LogP contribution in [0.3, 0.4) is 0 Å². The molecule has 0 fully saturated rings. The lowest BCUT2D eigenvalue weighted by molar-refractivity contribution is -0.119. The summed E-state index contributed by atoms with van der Waals surface area (Å²) in [7, 11) is 0. The quantitative estimate of drug-likeness (QED) is 0.870. The first-order valence-corrected chi connectivity index (χ1v) is 7.82. The number of benzene rings is 2. The van der Waals surface area contributed by atoms with E-state index in [4.69, 9.17) is 11.6 Å². The largest absolute Gasteiger partial charge is 0.324 e. The minimum Gasteiger partial charge on any atom is -0.324 e. The predicted octanol–water partition coefficient (Wildman–Crippen LogP) is 3.27. The molecule has 0 bridgehead atoms. The maximum absolute atomic E-state index is 12.5. The Labute approximate surface area is 144 Å². The highest BCUT2D eigenvalue weighted by Crippen LogP contribution is 2.25. The average Bonchev–Trinajstić information content (AvgIpc) is 2.81. The highest BCUT2D eigenvalue weighted by atomic mass is 35.5. The van der Waals surface area contributed by atoms with Crippen LogP contribution >= 0.6 is 11.6 Å². The Morgan fingerprint density at radius 2 is 1.67 bits per heavy atom. The zero-order valence-electron chi connectivity index (χ0n) is 13.2. The number of nitrogens with one attached hydrogen (secondary N) is 1. The molecule has 5 nitrogen and oxygen atoms in total. The maximum atomic E-state index is 12.5. The number of imide groups is 1. The van der Waals surface area contributed by atoms with E-state index in [1.165, 1.54) is 6.92 Å². The summed E-state index contributed by atoms with van der Waals surface area (Å²) >= 11 is 5.90. The average molecular weight is 343 g/mol. The van der Waals surface area contributed by atoms with Gasteiger partial charge >= 0.3 is 0 Å². The molecular formula is C18H15ClN2O3. The standard InChI is InChI=1S/C18H15ClN2O3/c1-10-9-12(19)7-8-15(10)20-16(22)11(2)21-17(23)13-5-3-4-6-14(13)18(21)24/h3-9,11H,1-2H3,(H,20,22). The van der Waals surface area contributed by atoms with Gasteiger partial charge in [-0.15, -0.1) is 0 Å². The number of carbonyl (C=O) groups is 3. The van der Waals surface area contributed by atoms with Crippen molar-refractivity contribution in [3.63, 3.8) is 0 Å². The van der Waals surface area contributed by atoms with Crippen molar-refractivity contribution in [3.05, 3.63) is 64.2 Å². The number of amides is 3. The maximum Gasteiger partial charge on any atom is 0.262 e. The molecule has 1 atom stereocenters. The topological polar surface area (TPSA) is 66.5 Å². The number of halogens is 1. The number of hydrogen-bond donors (Lipinski definition) is 1. The predicted molar refractivity (Wildman–Crippen MR) is 91.2 cm³/mol. The van der Waals surface area contributed by atoms with Crippen LogP contribution in [0, 0.1) is 6.92 Å². The first-order valence-electron chi connectivity index (χ1n) is 7.44. The van der Waals surface area contributed by atoms with E-state index >= 15 is 0 Å². The number of anilines is 1. The first kappa shape index (κ1) is 16.2. The Bertz CT molecular complexity index is 828. The van der Waals surface area contributed by atoms with Crippen molar-refractivity contribution in [2.24, 2.45) is 0 Å². The van der Waals surface area contributed by atoms with Crippen LogP contribution in [-0.2, 0) is 4.79 Å². The number of carbonyl (C=O) groups excluding carboxylic acids is 3. The van der Waals surface area contributed by atoms with E-state index in [1.54, 1.807) is 42.5 Å². The third kappa shape index (κ3) is 2.67. The molecular weight excluding hydrogens is 328 g/mol. The van der Waals surface area contributed by atoms with Crippen LogP contribution in [0.2, 0.25) is 5.02 Å². The van der Waals surface area contributed by atoms with Gasteiger partial charge in [-0.2, -0.15) is 0 Å². The zero-order valence-corrected chi connectivity index (χ0v) is 13.9. The fraction of sp³-hybridized carbons (Fsp3) is 0.167. The molecule has 2 aromatic rings. The minimum absolute atomic E-state index is 0.324. The number of hydrogen-bond acceptors (Lipinski definition) is 3. The van der Waals surface area contributed by atoms with E-state index in [-0.39, 0.29) is 0 Å². The number of rotatable bonds is 3. The van der Waals surface area contributed by atoms with Gasteiger partial charge in [0.2, 0.25) is 5.91 Å². The van der Waals surface area contributed by atoms with E-state index in [2.05, 4.69) is 5.32 Å². The smallest absolute Gasteiger partial charge is 0.262 e. The molecule has 24 heavy (non-hydrogen) atoms. The molecule has 1 unspecified atom stereocenters. The Hall–Kier alpha value is -2.66. The Balaban J connectivity index is 1.82. The van der Waals surface area contributed by atoms with Crippen LogP contribution in [-0.4, -0.2) is 28.7 Å². The summed E-state index contributed by atoms with van der Waals surface area (Å²) in [6.45, 7) is 3.34. The molecule has 1 aliphatic rings. The van der Waals surface area contributed by atoms with Gasteiger partial charge in [-0.3, -0.25) is 19.3 Å². The van der Waals surface area contributed by atoms with Crippen molar-refractivity contribution in [2.75, 3.05) is 5.32 Å². The number of aryl methyl sites for hydroxylation is 1. The molecule has 0 saturated carbocycles. The summed E-state index contributed by atoms with van der Waals surface area (Å²) in [5.74, 6) is -1.34. The first-order chi connectivity index (χ1) is 11.4. The van der Waals surface area contributed by atoms with E-state index in [1.807, 2.05) is 6.92 Å². The molecule has 1 heterocycles. The second-order valence-electron chi connectivity index (χ2n) is 5.65. The van der Waals surface area contributed by atoms with Gasteiger partial charge < -0.3 is 5.32 Å². The minimum atomic E-state index is -0.924. The monoisotopic (exact) mass is 342 g/mol. The molecule has 3 amide bonds. The third-order valence-corrected chi connectivity index (χ3v) is 4.27. The van der Waals surface area contributed by atoms with Crippen molar-refractivity contribution in [2.45, 2.75) is 19.9 Å². The van der Waals surface area contributed by atoms with Gasteiger partial charge in [0.25, 0.3) is 11.8 Å². The summed E-state index contributed by atoms with van der Waals surface area (Å²) in [6.07, 6.45) is 0. The Kier molecular flexibility index (Phi) is 4.11. The van der Waals surface area contributed by atoms with Gasteiger partial charge in [0, 0.05) is 10.7 Å². The molecule has 0 saturated heterocycles. The van der Waals surface area contributed by atoms with Gasteiger partial charge in [0.1, 0.15) is 6.04 Å². The fourth-order valence-corrected chi connectivity index (χ4v) is 2.91. The van der Waals surface area contributed by atoms with E-state index in [9.17, 15) is 14.4 Å². The van der Waals surface area contributed by atoms with Crippen LogP contribution in [0.5, 0.6) is 0 Å². The SMILES string of the molecule is Cc1cc(Cl)ccc1NC(=O)C(C)N1C(=O)c2ccccc2C1=O. The van der Waals surface area contributed by atoms with Crippen LogP contribution < -0.4 is 5.32 Å². The van der Waals surface area contributed by atoms with Crippen LogP contribution in [0.1, 0.15) is 33.2 Å². The van der Waals surface area contributed by atoms with Gasteiger partial charge in [-0.1, -0.05) is 23.7 Å². The van der Waals surface area contributed by atoms with Crippen molar-refractivity contribution in [1.29, 1.82) is 0 Å². The van der Waals surface area contributed by atoms with Crippen LogP contribution in [0.25, 0.3) is 0 Å². The van der Waals surface area contributed by atoms with Crippen molar-refractivity contribution in [3.8, 4) is 0 Å². The van der Waals surface area contributed by atoms with Crippen molar-refractivity contribution in [1.82, 2.24) is 4.90 Å². The van der Waals surface area contributed by atoms with Crippen molar-refractivity contribution >= 4 is 35.0 Å². The molecule has 0 spiro atoms. The molecule has 1 aliphatic heterocycles. The van der Waals surface area contributed by atoms with Crippen molar-refractivity contribution < 1.29 is 14.4 Å². The lowest BCUT2D eigenvalue weighted by Crippen LogP contribution is -2.45. The second kappa shape index (κ2) is 6.09. The summed E-state index contributed by atoms with van der Waals surface area (Å²) in [4.78, 5) is 38.3.